The number of nitrogens with zero attached hydrogens (tertiary/aromatic N) is 1. The maximum atomic E-state index is 9.38. The van der Waals surface area contributed by atoms with Crippen molar-refractivity contribution >= 4 is 0 Å². The number of aryl methyl sites for hydroxylation is 1. The molecule has 1 aliphatic heterocycles. The summed E-state index contributed by atoms with van der Waals surface area (Å²) in [4.78, 5) is 2.54. The average Bonchev–Trinajstić information content (AvgIpc) is 2.45. The van der Waals surface area contributed by atoms with Crippen molar-refractivity contribution in [2.45, 2.75) is 25.3 Å². The van der Waals surface area contributed by atoms with E-state index < -0.39 is 0 Å². The molecule has 1 saturated heterocycles. The van der Waals surface area contributed by atoms with Gasteiger partial charge in [-0.15, -0.1) is 0 Å². The van der Waals surface area contributed by atoms with E-state index in [1.54, 1.807) is 0 Å². The van der Waals surface area contributed by atoms with Crippen LogP contribution in [-0.4, -0.2) is 23.1 Å². The molecule has 0 bridgehead atoms. The number of hydrogen-bond donors (Lipinski definition) is 1. The molecule has 2 nitrogen and oxygen atoms in total. The first-order valence-electron chi connectivity index (χ1n) is 5.40. The van der Waals surface area contributed by atoms with Crippen molar-refractivity contribution in [2.75, 3.05) is 13.1 Å². The first-order valence-corrected chi connectivity index (χ1v) is 5.40. The molecule has 2 heteroatoms. The monoisotopic (exact) mass is 189 g/mol. The molecule has 3 rings (SSSR count). The Labute approximate surface area is 84.2 Å². The second-order valence-electron chi connectivity index (χ2n) is 4.33. The summed E-state index contributed by atoms with van der Waals surface area (Å²) in [6.45, 7) is 2.51. The van der Waals surface area contributed by atoms with Crippen molar-refractivity contribution in [3.63, 3.8) is 0 Å². The van der Waals surface area contributed by atoms with Gasteiger partial charge >= 0.3 is 0 Å². The van der Waals surface area contributed by atoms with E-state index in [1.807, 2.05) is 12.1 Å². The number of aromatic hydroxyl groups is 1. The van der Waals surface area contributed by atoms with Crippen molar-refractivity contribution < 1.29 is 5.11 Å². The smallest absolute Gasteiger partial charge is 0.115 e. The van der Waals surface area contributed by atoms with Gasteiger partial charge < -0.3 is 5.11 Å². The van der Waals surface area contributed by atoms with Crippen LogP contribution in [0.5, 0.6) is 5.75 Å². The molecule has 0 amide bonds. The van der Waals surface area contributed by atoms with E-state index in [0.717, 1.165) is 6.42 Å². The number of rotatable bonds is 1. The Balaban J connectivity index is 1.93. The molecule has 0 radical (unpaired) electrons. The fraction of sp³-hybridized carbons (Fsp3) is 0.500. The molecule has 1 atom stereocenters. The van der Waals surface area contributed by atoms with Crippen LogP contribution in [0.15, 0.2) is 18.2 Å². The minimum Gasteiger partial charge on any atom is -0.508 e. The van der Waals surface area contributed by atoms with Gasteiger partial charge in [-0.3, -0.25) is 4.90 Å². The zero-order valence-corrected chi connectivity index (χ0v) is 8.24. The highest BCUT2D eigenvalue weighted by Gasteiger charge is 2.30. The van der Waals surface area contributed by atoms with Crippen LogP contribution >= 0.6 is 0 Å². The summed E-state index contributed by atoms with van der Waals surface area (Å²) in [7, 11) is 0. The lowest BCUT2D eigenvalue weighted by Gasteiger charge is -2.36. The molecule has 1 heterocycles. The Kier molecular flexibility index (Phi) is 1.77. The Morgan fingerprint density at radius 2 is 2.14 bits per heavy atom. The van der Waals surface area contributed by atoms with Gasteiger partial charge in [0.05, 0.1) is 0 Å². The van der Waals surface area contributed by atoms with Crippen molar-refractivity contribution in [2.24, 2.45) is 0 Å². The van der Waals surface area contributed by atoms with Gasteiger partial charge in [0.1, 0.15) is 5.75 Å². The molecular weight excluding hydrogens is 174 g/mol. The largest absolute Gasteiger partial charge is 0.508 e. The van der Waals surface area contributed by atoms with Gasteiger partial charge in [0, 0.05) is 6.04 Å². The van der Waals surface area contributed by atoms with Gasteiger partial charge in [-0.2, -0.15) is 0 Å². The van der Waals surface area contributed by atoms with Gasteiger partial charge in [-0.1, -0.05) is 6.07 Å². The van der Waals surface area contributed by atoms with E-state index >= 15 is 0 Å². The quantitative estimate of drug-likeness (QED) is 0.731. The number of phenols is 1. The lowest BCUT2D eigenvalue weighted by atomic mass is 10.0. The minimum absolute atomic E-state index is 0.410. The van der Waals surface area contributed by atoms with Crippen LogP contribution in [0.2, 0.25) is 0 Å². The molecule has 0 aromatic heterocycles. The Bertz CT molecular complexity index is 357. The van der Waals surface area contributed by atoms with Crippen molar-refractivity contribution in [1.82, 2.24) is 4.90 Å². The molecule has 1 N–H and O–H groups in total. The van der Waals surface area contributed by atoms with Crippen LogP contribution in [0.25, 0.3) is 0 Å². The van der Waals surface area contributed by atoms with E-state index in [1.165, 1.54) is 37.1 Å². The van der Waals surface area contributed by atoms with E-state index in [0.29, 0.717) is 11.8 Å². The fourth-order valence-electron chi connectivity index (χ4n) is 2.61. The van der Waals surface area contributed by atoms with Crippen LogP contribution < -0.4 is 0 Å². The lowest BCUT2D eigenvalue weighted by Crippen LogP contribution is -2.39. The van der Waals surface area contributed by atoms with E-state index in [2.05, 4.69) is 11.0 Å². The van der Waals surface area contributed by atoms with E-state index in [4.69, 9.17) is 0 Å². The van der Waals surface area contributed by atoms with Crippen molar-refractivity contribution in [3.05, 3.63) is 29.3 Å². The third kappa shape index (κ3) is 1.14. The van der Waals surface area contributed by atoms with Crippen LogP contribution in [0.1, 0.15) is 30.0 Å². The minimum atomic E-state index is 0.410. The molecule has 1 fully saturated rings. The predicted molar refractivity (Wildman–Crippen MR) is 55.4 cm³/mol. The van der Waals surface area contributed by atoms with Crippen molar-refractivity contribution in [3.8, 4) is 5.75 Å². The maximum absolute atomic E-state index is 9.38. The first-order chi connectivity index (χ1) is 6.84. The number of hydrogen-bond acceptors (Lipinski definition) is 2. The summed E-state index contributed by atoms with van der Waals surface area (Å²) in [6.07, 6.45) is 3.72. The highest BCUT2D eigenvalue weighted by molar-refractivity contribution is 5.40. The Morgan fingerprint density at radius 1 is 1.29 bits per heavy atom. The number of likely N-dealkylation sites (tertiary alicyclic amines) is 1. The molecule has 0 spiro atoms. The van der Waals surface area contributed by atoms with E-state index in [-0.39, 0.29) is 0 Å². The average molecular weight is 189 g/mol. The third-order valence-corrected chi connectivity index (χ3v) is 3.50. The van der Waals surface area contributed by atoms with Crippen LogP contribution in [0, 0.1) is 0 Å². The van der Waals surface area contributed by atoms with E-state index in [9.17, 15) is 5.11 Å². The summed E-state index contributed by atoms with van der Waals surface area (Å²) in [5.74, 6) is 0.410. The molecule has 0 saturated carbocycles. The maximum Gasteiger partial charge on any atom is 0.115 e. The highest BCUT2D eigenvalue weighted by Crippen LogP contribution is 2.39. The molecule has 1 aromatic carbocycles. The zero-order valence-electron chi connectivity index (χ0n) is 8.24. The standard InChI is InChI=1S/C12H15NO/c14-10-3-4-11-9(8-10)2-5-12(11)13-6-1-7-13/h3-4,8,12,14H,1-2,5-7H2. The highest BCUT2D eigenvalue weighted by atomic mass is 16.3. The Morgan fingerprint density at radius 3 is 2.86 bits per heavy atom. The molecule has 1 unspecified atom stereocenters. The van der Waals surface area contributed by atoms with Gasteiger partial charge in [0.25, 0.3) is 0 Å². The number of phenolic OH excluding ortho intramolecular Hbond substituents is 1. The molecule has 1 aliphatic carbocycles. The van der Waals surface area contributed by atoms with Crippen molar-refractivity contribution in [1.29, 1.82) is 0 Å². The first kappa shape index (κ1) is 8.30. The zero-order chi connectivity index (χ0) is 9.54. The summed E-state index contributed by atoms with van der Waals surface area (Å²) in [6, 6.07) is 6.48. The third-order valence-electron chi connectivity index (χ3n) is 3.50. The number of benzene rings is 1. The molecular formula is C12H15NO. The molecule has 14 heavy (non-hydrogen) atoms. The molecule has 74 valence electrons. The van der Waals surface area contributed by atoms with Gasteiger partial charge in [-0.25, -0.2) is 0 Å². The summed E-state index contributed by atoms with van der Waals surface area (Å²) >= 11 is 0. The summed E-state index contributed by atoms with van der Waals surface area (Å²) < 4.78 is 0. The predicted octanol–water partition coefficient (Wildman–Crippen LogP) is 2.09. The normalized spacial score (nSPS) is 25.9. The molecule has 2 aliphatic rings. The SMILES string of the molecule is Oc1ccc2c(c1)CCC2N1CCC1. The van der Waals surface area contributed by atoms with Crippen LogP contribution in [-0.2, 0) is 6.42 Å². The lowest BCUT2D eigenvalue weighted by molar-refractivity contribution is 0.118. The Hall–Kier alpha value is -1.02. The second kappa shape index (κ2) is 2.99. The summed E-state index contributed by atoms with van der Waals surface area (Å²) in [5, 5.41) is 9.38. The topological polar surface area (TPSA) is 23.5 Å². The number of fused-ring (bicyclic) bond motifs is 1. The van der Waals surface area contributed by atoms with Gasteiger partial charge in [0.2, 0.25) is 0 Å². The molecule has 1 aromatic rings. The van der Waals surface area contributed by atoms with Gasteiger partial charge in [-0.05, 0) is 55.6 Å². The summed E-state index contributed by atoms with van der Waals surface area (Å²) in [5.41, 5.74) is 2.80. The van der Waals surface area contributed by atoms with Crippen LogP contribution in [0.3, 0.4) is 0 Å². The second-order valence-corrected chi connectivity index (χ2v) is 4.33. The van der Waals surface area contributed by atoms with Gasteiger partial charge in [0.15, 0.2) is 0 Å². The van der Waals surface area contributed by atoms with Crippen LogP contribution in [0.4, 0.5) is 0 Å². The fourth-order valence-corrected chi connectivity index (χ4v) is 2.61.